The molecule has 0 amide bonds. The van der Waals surface area contributed by atoms with Gasteiger partial charge >= 0.3 is 0 Å². The van der Waals surface area contributed by atoms with Crippen LogP contribution in [0.5, 0.6) is 0 Å². The third-order valence-corrected chi connectivity index (χ3v) is 3.93. The van der Waals surface area contributed by atoms with Crippen LogP contribution in [0.2, 0.25) is 0 Å². The summed E-state index contributed by atoms with van der Waals surface area (Å²) in [4.78, 5) is 25.1. The Kier molecular flexibility index (Phi) is 10.2. The molecule has 152 valence electrons. The molecular formula is C24H33NO3. The maximum Gasteiger partial charge on any atom is 0.126 e. The van der Waals surface area contributed by atoms with E-state index in [0.29, 0.717) is 12.0 Å². The molecule has 1 fully saturated rings. The molecule has 2 aromatic rings. The van der Waals surface area contributed by atoms with E-state index >= 15 is 0 Å². The van der Waals surface area contributed by atoms with E-state index < -0.39 is 0 Å². The minimum atomic E-state index is 0.167. The van der Waals surface area contributed by atoms with Crippen molar-refractivity contribution in [3.05, 3.63) is 66.2 Å². The number of para-hydroxylation sites is 1. The Bertz CT molecular complexity index is 646. The molecule has 0 bridgehead atoms. The Morgan fingerprint density at radius 2 is 1.29 bits per heavy atom. The van der Waals surface area contributed by atoms with Crippen molar-refractivity contribution < 1.29 is 14.4 Å². The molecule has 4 heteroatoms. The minimum Gasteiger partial charge on any atom is -0.300 e. The molecule has 2 atom stereocenters. The first-order valence-electron chi connectivity index (χ1n) is 9.72. The van der Waals surface area contributed by atoms with Gasteiger partial charge in [0.1, 0.15) is 11.6 Å². The summed E-state index contributed by atoms with van der Waals surface area (Å²) >= 11 is 0. The highest BCUT2D eigenvalue weighted by Crippen LogP contribution is 2.39. The van der Waals surface area contributed by atoms with Gasteiger partial charge in [0.2, 0.25) is 0 Å². The van der Waals surface area contributed by atoms with Gasteiger partial charge in [-0.2, -0.15) is 0 Å². The third-order valence-electron chi connectivity index (χ3n) is 3.93. The zero-order valence-corrected chi connectivity index (χ0v) is 17.9. The fourth-order valence-corrected chi connectivity index (χ4v) is 2.73. The predicted octanol–water partition coefficient (Wildman–Crippen LogP) is 5.78. The molecule has 0 radical (unpaired) electrons. The zero-order valence-electron chi connectivity index (χ0n) is 17.9. The largest absolute Gasteiger partial charge is 0.300 e. The van der Waals surface area contributed by atoms with Gasteiger partial charge in [-0.15, -0.1) is 0 Å². The fourth-order valence-electron chi connectivity index (χ4n) is 2.73. The summed E-state index contributed by atoms with van der Waals surface area (Å²) < 4.78 is 0. The number of anilines is 1. The Balaban J connectivity index is 0.000000420. The van der Waals surface area contributed by atoms with E-state index in [2.05, 4.69) is 73.5 Å². The first kappa shape index (κ1) is 23.6. The fraction of sp³-hybridized carbons (Fsp3) is 0.417. The number of nitrogens with zero attached hydrogens (tertiary/aromatic N) is 1. The summed E-state index contributed by atoms with van der Waals surface area (Å²) in [6.07, 6.45) is 1.32. The number of benzene rings is 2. The molecule has 1 heterocycles. The summed E-state index contributed by atoms with van der Waals surface area (Å²) in [6.45, 7) is 10.6. The number of carbonyl (C=O) groups is 2. The molecule has 0 saturated carbocycles. The van der Waals surface area contributed by atoms with Crippen molar-refractivity contribution in [1.29, 1.82) is 0 Å². The molecule has 2 aromatic carbocycles. The van der Waals surface area contributed by atoms with Gasteiger partial charge in [-0.05, 0) is 51.3 Å². The Labute approximate surface area is 169 Å². The highest BCUT2D eigenvalue weighted by molar-refractivity contribution is 5.72. The van der Waals surface area contributed by atoms with E-state index in [1.807, 2.05) is 6.07 Å². The average molecular weight is 384 g/mol. The van der Waals surface area contributed by atoms with E-state index in [1.54, 1.807) is 0 Å². The number of hydroxylamine groups is 1. The van der Waals surface area contributed by atoms with Gasteiger partial charge in [0.05, 0.1) is 17.8 Å². The van der Waals surface area contributed by atoms with Crippen LogP contribution in [0, 0.1) is 5.92 Å². The summed E-state index contributed by atoms with van der Waals surface area (Å²) in [7, 11) is 0. The first-order chi connectivity index (χ1) is 13.2. The molecule has 0 N–H and O–H groups in total. The molecule has 1 aliphatic rings. The van der Waals surface area contributed by atoms with Gasteiger partial charge in [-0.1, -0.05) is 62.4 Å². The summed E-state index contributed by atoms with van der Waals surface area (Å²) in [5.74, 6) is 0.856. The second kappa shape index (κ2) is 12.1. The summed E-state index contributed by atoms with van der Waals surface area (Å²) in [5, 5.41) is 2.08. The molecule has 0 spiro atoms. The van der Waals surface area contributed by atoms with Gasteiger partial charge in [-0.25, -0.2) is 5.06 Å². The number of Topliss-reactive ketones (excluding diaryl/α,β-unsaturated/α-hetero) is 2. The van der Waals surface area contributed by atoms with Crippen molar-refractivity contribution in [2.24, 2.45) is 5.92 Å². The van der Waals surface area contributed by atoms with E-state index in [4.69, 9.17) is 4.84 Å². The van der Waals surface area contributed by atoms with Gasteiger partial charge in [0, 0.05) is 6.42 Å². The molecule has 3 rings (SSSR count). The number of hydrogen-bond donors (Lipinski definition) is 0. The van der Waals surface area contributed by atoms with Crippen molar-refractivity contribution >= 4 is 17.3 Å². The van der Waals surface area contributed by atoms with Crippen LogP contribution in [-0.4, -0.2) is 17.7 Å². The van der Waals surface area contributed by atoms with E-state index in [9.17, 15) is 9.59 Å². The van der Waals surface area contributed by atoms with Gasteiger partial charge in [0.25, 0.3) is 0 Å². The Morgan fingerprint density at radius 3 is 1.71 bits per heavy atom. The first-order valence-corrected chi connectivity index (χ1v) is 9.72. The van der Waals surface area contributed by atoms with E-state index in [1.165, 1.54) is 33.3 Å². The normalized spacial score (nSPS) is 17.9. The van der Waals surface area contributed by atoms with E-state index in [-0.39, 0.29) is 17.7 Å². The van der Waals surface area contributed by atoms with Crippen molar-refractivity contribution in [1.82, 2.24) is 0 Å². The Morgan fingerprint density at radius 1 is 0.857 bits per heavy atom. The number of hydrogen-bond acceptors (Lipinski definition) is 4. The van der Waals surface area contributed by atoms with Crippen LogP contribution in [0.4, 0.5) is 5.69 Å². The lowest BCUT2D eigenvalue weighted by atomic mass is 9.96. The predicted molar refractivity (Wildman–Crippen MR) is 115 cm³/mol. The van der Waals surface area contributed by atoms with Gasteiger partial charge < -0.3 is 9.59 Å². The number of rotatable bonds is 3. The Hall–Kier alpha value is -2.46. The van der Waals surface area contributed by atoms with Gasteiger partial charge in [0.15, 0.2) is 0 Å². The van der Waals surface area contributed by atoms with Crippen molar-refractivity contribution in [3.63, 3.8) is 0 Å². The molecule has 1 aliphatic heterocycles. The standard InChI is InChI=1S/C18H21NO.2C3H6O/c1-14(2)18-13-17(15-9-5-3-6-10-15)19(20-18)16-11-7-4-8-12-16;2*1-3(2)4/h3-12,14,17-18H,13H2,1-2H3;2*1-2H3. The van der Waals surface area contributed by atoms with Crippen molar-refractivity contribution in [3.8, 4) is 0 Å². The van der Waals surface area contributed by atoms with Crippen LogP contribution in [0.1, 0.15) is 59.6 Å². The number of ketones is 2. The van der Waals surface area contributed by atoms with Gasteiger partial charge in [-0.3, -0.25) is 4.84 Å². The number of carbonyl (C=O) groups excluding carboxylic acids is 2. The summed E-state index contributed by atoms with van der Waals surface area (Å²) in [5.41, 5.74) is 2.45. The quantitative estimate of drug-likeness (QED) is 0.673. The average Bonchev–Trinajstić information content (AvgIpc) is 3.08. The molecule has 1 saturated heterocycles. The highest BCUT2D eigenvalue weighted by Gasteiger charge is 2.36. The maximum atomic E-state index is 9.44. The lowest BCUT2D eigenvalue weighted by Gasteiger charge is -2.25. The highest BCUT2D eigenvalue weighted by atomic mass is 16.7. The van der Waals surface area contributed by atoms with E-state index in [0.717, 1.165) is 12.1 Å². The zero-order chi connectivity index (χ0) is 21.1. The maximum absolute atomic E-state index is 9.44. The molecule has 0 aliphatic carbocycles. The second-order valence-corrected chi connectivity index (χ2v) is 7.53. The van der Waals surface area contributed by atoms with Crippen LogP contribution >= 0.6 is 0 Å². The monoisotopic (exact) mass is 383 g/mol. The van der Waals surface area contributed by atoms with Crippen LogP contribution in [0.15, 0.2) is 60.7 Å². The molecule has 4 nitrogen and oxygen atoms in total. The lowest BCUT2D eigenvalue weighted by Crippen LogP contribution is -2.23. The third kappa shape index (κ3) is 8.49. The second-order valence-electron chi connectivity index (χ2n) is 7.53. The minimum absolute atomic E-state index is 0.167. The van der Waals surface area contributed by atoms with Crippen LogP contribution in [-0.2, 0) is 14.4 Å². The molecular weight excluding hydrogens is 350 g/mol. The SMILES string of the molecule is CC(C)=O.CC(C)=O.CC(C)C1CC(c2ccccc2)N(c2ccccc2)O1. The molecule has 28 heavy (non-hydrogen) atoms. The molecule has 0 aromatic heterocycles. The van der Waals surface area contributed by atoms with Crippen LogP contribution in [0.25, 0.3) is 0 Å². The summed E-state index contributed by atoms with van der Waals surface area (Å²) in [6, 6.07) is 21.3. The molecule has 2 unspecified atom stereocenters. The van der Waals surface area contributed by atoms with Crippen LogP contribution in [0.3, 0.4) is 0 Å². The van der Waals surface area contributed by atoms with Crippen LogP contribution < -0.4 is 5.06 Å². The van der Waals surface area contributed by atoms with Crippen molar-refractivity contribution in [2.45, 2.75) is 60.1 Å². The van der Waals surface area contributed by atoms with Crippen molar-refractivity contribution in [2.75, 3.05) is 5.06 Å². The smallest absolute Gasteiger partial charge is 0.126 e. The topological polar surface area (TPSA) is 46.6 Å². The lowest BCUT2D eigenvalue weighted by molar-refractivity contribution is -0.115.